The van der Waals surface area contributed by atoms with Crippen molar-refractivity contribution in [3.63, 3.8) is 0 Å². The minimum atomic E-state index is 0.179. The lowest BCUT2D eigenvalue weighted by Crippen LogP contribution is -1.99. The topological polar surface area (TPSA) is 46.2 Å². The number of carbonyl (C=O) groups is 2. The molecule has 0 aliphatic rings. The van der Waals surface area contributed by atoms with Crippen molar-refractivity contribution in [2.45, 2.75) is 32.1 Å². The third kappa shape index (κ3) is 4.81. The molecule has 3 heteroatoms. The van der Waals surface area contributed by atoms with E-state index in [0.717, 1.165) is 36.8 Å². The van der Waals surface area contributed by atoms with Crippen LogP contribution in [0.3, 0.4) is 0 Å². The molecule has 1 aromatic rings. The molecule has 3 nitrogen and oxygen atoms in total. The molecule has 0 aromatic heterocycles. The molecule has 0 bridgehead atoms. The normalized spacial score (nSPS) is 9.94. The summed E-state index contributed by atoms with van der Waals surface area (Å²) in [7, 11) is 1.85. The SMILES string of the molecule is CNc1ccc(C(=O)CCCCCC=O)cc1. The largest absolute Gasteiger partial charge is 0.388 e. The van der Waals surface area contributed by atoms with Crippen molar-refractivity contribution in [2.75, 3.05) is 12.4 Å². The Kier molecular flexibility index (Phi) is 6.00. The van der Waals surface area contributed by atoms with Crippen LogP contribution >= 0.6 is 0 Å². The highest BCUT2D eigenvalue weighted by atomic mass is 16.1. The van der Waals surface area contributed by atoms with E-state index < -0.39 is 0 Å². The number of nitrogens with one attached hydrogen (secondary N) is 1. The van der Waals surface area contributed by atoms with Crippen molar-refractivity contribution in [2.24, 2.45) is 0 Å². The molecule has 0 heterocycles. The van der Waals surface area contributed by atoms with Gasteiger partial charge in [0.05, 0.1) is 0 Å². The molecule has 1 N–H and O–H groups in total. The lowest BCUT2D eigenvalue weighted by atomic mass is 10.0. The number of anilines is 1. The summed E-state index contributed by atoms with van der Waals surface area (Å²) in [4.78, 5) is 21.9. The van der Waals surface area contributed by atoms with Gasteiger partial charge in [-0.1, -0.05) is 6.42 Å². The van der Waals surface area contributed by atoms with Crippen LogP contribution in [0.4, 0.5) is 5.69 Å². The van der Waals surface area contributed by atoms with Gasteiger partial charge < -0.3 is 10.1 Å². The van der Waals surface area contributed by atoms with Gasteiger partial charge in [-0.05, 0) is 37.1 Å². The van der Waals surface area contributed by atoms with Gasteiger partial charge in [-0.15, -0.1) is 0 Å². The van der Waals surface area contributed by atoms with E-state index in [9.17, 15) is 9.59 Å². The van der Waals surface area contributed by atoms with Crippen LogP contribution in [0.25, 0.3) is 0 Å². The number of Topliss-reactive ketones (excluding diaryl/α,β-unsaturated/α-hetero) is 1. The van der Waals surface area contributed by atoms with Gasteiger partial charge in [-0.25, -0.2) is 0 Å². The van der Waals surface area contributed by atoms with Gasteiger partial charge in [0.15, 0.2) is 5.78 Å². The number of hydrogen-bond acceptors (Lipinski definition) is 3. The Bertz CT molecular complexity index is 357. The average molecular weight is 233 g/mol. The average Bonchev–Trinajstić information content (AvgIpc) is 2.38. The number of aldehydes is 1. The van der Waals surface area contributed by atoms with Crippen LogP contribution in [0.2, 0.25) is 0 Å². The Labute approximate surface area is 102 Å². The van der Waals surface area contributed by atoms with E-state index in [0.29, 0.717) is 12.8 Å². The molecule has 0 amide bonds. The van der Waals surface area contributed by atoms with Crippen LogP contribution in [-0.4, -0.2) is 19.1 Å². The summed E-state index contributed by atoms with van der Waals surface area (Å²) >= 11 is 0. The molecular formula is C14H19NO2. The highest BCUT2D eigenvalue weighted by molar-refractivity contribution is 5.96. The number of unbranched alkanes of at least 4 members (excludes halogenated alkanes) is 3. The van der Waals surface area contributed by atoms with Gasteiger partial charge in [0.2, 0.25) is 0 Å². The van der Waals surface area contributed by atoms with Crippen molar-refractivity contribution >= 4 is 17.8 Å². The molecule has 0 unspecified atom stereocenters. The summed E-state index contributed by atoms with van der Waals surface area (Å²) in [5.41, 5.74) is 1.77. The Balaban J connectivity index is 2.33. The third-order valence-electron chi connectivity index (χ3n) is 2.72. The standard InChI is InChI=1S/C14H19NO2/c1-15-13-9-7-12(8-10-13)14(17)6-4-2-3-5-11-16/h7-11,15H,2-6H2,1H3. The number of rotatable bonds is 8. The van der Waals surface area contributed by atoms with Gasteiger partial charge in [-0.3, -0.25) is 4.79 Å². The third-order valence-corrected chi connectivity index (χ3v) is 2.72. The molecule has 0 aliphatic heterocycles. The molecule has 0 saturated carbocycles. The lowest BCUT2D eigenvalue weighted by Gasteiger charge is -2.03. The van der Waals surface area contributed by atoms with E-state index in [-0.39, 0.29) is 5.78 Å². The minimum Gasteiger partial charge on any atom is -0.388 e. The number of benzene rings is 1. The minimum absolute atomic E-state index is 0.179. The quantitative estimate of drug-likeness (QED) is 0.426. The smallest absolute Gasteiger partial charge is 0.162 e. The lowest BCUT2D eigenvalue weighted by molar-refractivity contribution is -0.107. The zero-order valence-corrected chi connectivity index (χ0v) is 10.2. The molecule has 0 saturated heterocycles. The van der Waals surface area contributed by atoms with Gasteiger partial charge in [0.25, 0.3) is 0 Å². The Morgan fingerprint density at radius 1 is 1.18 bits per heavy atom. The zero-order valence-electron chi connectivity index (χ0n) is 10.2. The van der Waals surface area contributed by atoms with Crippen molar-refractivity contribution in [1.82, 2.24) is 0 Å². The van der Waals surface area contributed by atoms with Crippen molar-refractivity contribution in [3.8, 4) is 0 Å². The van der Waals surface area contributed by atoms with E-state index >= 15 is 0 Å². The number of carbonyl (C=O) groups excluding carboxylic acids is 2. The van der Waals surface area contributed by atoms with E-state index in [2.05, 4.69) is 5.32 Å². The number of ketones is 1. The second kappa shape index (κ2) is 7.60. The zero-order chi connectivity index (χ0) is 12.5. The van der Waals surface area contributed by atoms with E-state index in [1.807, 2.05) is 31.3 Å². The number of hydrogen-bond donors (Lipinski definition) is 1. The van der Waals surface area contributed by atoms with Crippen LogP contribution in [0.1, 0.15) is 42.5 Å². The predicted molar refractivity (Wildman–Crippen MR) is 69.5 cm³/mol. The Hall–Kier alpha value is -1.64. The van der Waals surface area contributed by atoms with Gasteiger partial charge in [0.1, 0.15) is 6.29 Å². The summed E-state index contributed by atoms with van der Waals surface area (Å²) in [6.07, 6.45) is 4.79. The Morgan fingerprint density at radius 3 is 2.47 bits per heavy atom. The first-order chi connectivity index (χ1) is 8.27. The molecule has 17 heavy (non-hydrogen) atoms. The fraction of sp³-hybridized carbons (Fsp3) is 0.429. The summed E-state index contributed by atoms with van der Waals surface area (Å²) in [6.45, 7) is 0. The molecular weight excluding hydrogens is 214 g/mol. The van der Waals surface area contributed by atoms with Crippen LogP contribution in [-0.2, 0) is 4.79 Å². The second-order valence-corrected chi connectivity index (χ2v) is 4.02. The maximum absolute atomic E-state index is 11.8. The molecule has 1 aromatic carbocycles. The van der Waals surface area contributed by atoms with Crippen LogP contribution in [0.5, 0.6) is 0 Å². The van der Waals surface area contributed by atoms with Gasteiger partial charge in [0, 0.05) is 31.1 Å². The molecule has 0 aliphatic carbocycles. The molecule has 0 radical (unpaired) electrons. The molecule has 0 fully saturated rings. The summed E-state index contributed by atoms with van der Waals surface area (Å²) in [6, 6.07) is 7.50. The second-order valence-electron chi connectivity index (χ2n) is 4.02. The highest BCUT2D eigenvalue weighted by Gasteiger charge is 2.04. The van der Waals surface area contributed by atoms with Crippen molar-refractivity contribution in [1.29, 1.82) is 0 Å². The van der Waals surface area contributed by atoms with E-state index in [1.165, 1.54) is 0 Å². The summed E-state index contributed by atoms with van der Waals surface area (Å²) in [5.74, 6) is 0.179. The van der Waals surface area contributed by atoms with E-state index in [1.54, 1.807) is 0 Å². The van der Waals surface area contributed by atoms with E-state index in [4.69, 9.17) is 0 Å². The summed E-state index contributed by atoms with van der Waals surface area (Å²) in [5, 5.41) is 3.02. The van der Waals surface area contributed by atoms with Crippen molar-refractivity contribution < 1.29 is 9.59 Å². The molecule has 92 valence electrons. The first-order valence-electron chi connectivity index (χ1n) is 6.02. The van der Waals surface area contributed by atoms with Crippen molar-refractivity contribution in [3.05, 3.63) is 29.8 Å². The highest BCUT2D eigenvalue weighted by Crippen LogP contribution is 2.12. The van der Waals surface area contributed by atoms with Gasteiger partial charge >= 0.3 is 0 Å². The summed E-state index contributed by atoms with van der Waals surface area (Å²) < 4.78 is 0. The predicted octanol–water partition coefficient (Wildman–Crippen LogP) is 3.06. The fourth-order valence-corrected chi connectivity index (χ4v) is 1.66. The van der Waals surface area contributed by atoms with Crippen LogP contribution in [0, 0.1) is 0 Å². The molecule has 0 spiro atoms. The first-order valence-corrected chi connectivity index (χ1v) is 6.02. The first kappa shape index (κ1) is 13.4. The Morgan fingerprint density at radius 2 is 1.88 bits per heavy atom. The van der Waals surface area contributed by atoms with Crippen LogP contribution < -0.4 is 5.32 Å². The molecule has 1 rings (SSSR count). The maximum Gasteiger partial charge on any atom is 0.162 e. The van der Waals surface area contributed by atoms with Gasteiger partial charge in [-0.2, -0.15) is 0 Å². The van der Waals surface area contributed by atoms with Crippen LogP contribution in [0.15, 0.2) is 24.3 Å². The fourth-order valence-electron chi connectivity index (χ4n) is 1.66. The molecule has 0 atom stereocenters. The maximum atomic E-state index is 11.8. The monoisotopic (exact) mass is 233 g/mol.